The third kappa shape index (κ3) is 2.94. The van der Waals surface area contributed by atoms with Crippen LogP contribution in [-0.2, 0) is 4.79 Å². The van der Waals surface area contributed by atoms with Crippen LogP contribution in [0.2, 0.25) is 0 Å². The average molecular weight is 275 g/mol. The summed E-state index contributed by atoms with van der Waals surface area (Å²) in [6.45, 7) is 4.46. The molecule has 0 aliphatic carbocycles. The van der Waals surface area contributed by atoms with Crippen LogP contribution in [0.5, 0.6) is 5.75 Å². The Bertz CT molecular complexity index is 498. The molecule has 2 aliphatic heterocycles. The van der Waals surface area contributed by atoms with Gasteiger partial charge in [0.1, 0.15) is 5.75 Å². The van der Waals surface area contributed by atoms with Gasteiger partial charge in [-0.2, -0.15) is 0 Å². The summed E-state index contributed by atoms with van der Waals surface area (Å²) in [5, 5.41) is 5.15. The zero-order valence-electron chi connectivity index (χ0n) is 11.8. The second-order valence-electron chi connectivity index (χ2n) is 5.49. The first-order chi connectivity index (χ1) is 9.72. The van der Waals surface area contributed by atoms with Gasteiger partial charge in [-0.25, -0.2) is 10.4 Å². The maximum absolute atomic E-state index is 11.4. The first-order valence-electron chi connectivity index (χ1n) is 7.30. The number of fused-ring (bicyclic) bond motifs is 1. The number of hydrogen-bond donors (Lipinski definition) is 2. The van der Waals surface area contributed by atoms with Crippen molar-refractivity contribution in [3.8, 4) is 5.75 Å². The second kappa shape index (κ2) is 5.81. The molecule has 3 rings (SSSR count). The van der Waals surface area contributed by atoms with Crippen LogP contribution in [0.15, 0.2) is 18.2 Å². The molecule has 1 fully saturated rings. The van der Waals surface area contributed by atoms with Crippen molar-refractivity contribution in [1.29, 1.82) is 0 Å². The molecule has 0 aromatic heterocycles. The number of hydrazine groups is 1. The van der Waals surface area contributed by atoms with Gasteiger partial charge in [0.2, 0.25) is 0 Å². The summed E-state index contributed by atoms with van der Waals surface area (Å²) in [6, 6.07) is 6.20. The van der Waals surface area contributed by atoms with E-state index in [4.69, 9.17) is 4.74 Å². The molecule has 1 atom stereocenters. The predicted octanol–water partition coefficient (Wildman–Crippen LogP) is 2.07. The Hall–Kier alpha value is -1.59. The minimum atomic E-state index is -0.0914. The first-order valence-corrected chi connectivity index (χ1v) is 7.30. The van der Waals surface area contributed by atoms with Gasteiger partial charge in [-0.05, 0) is 37.5 Å². The minimum Gasteiger partial charge on any atom is -0.482 e. The highest BCUT2D eigenvalue weighted by Gasteiger charge is 2.18. The van der Waals surface area contributed by atoms with E-state index in [2.05, 4.69) is 28.7 Å². The van der Waals surface area contributed by atoms with E-state index in [1.54, 1.807) is 0 Å². The highest BCUT2D eigenvalue weighted by atomic mass is 16.5. The number of carbonyl (C=O) groups is 1. The molecule has 1 aromatic carbocycles. The molecule has 2 heterocycles. The molecule has 2 N–H and O–H groups in total. The SMILES string of the molecule is CC(NN1CCCCC1)c1ccc2c(c1)NC(=O)CO2. The van der Waals surface area contributed by atoms with E-state index in [0.717, 1.165) is 30.1 Å². The van der Waals surface area contributed by atoms with E-state index in [9.17, 15) is 4.79 Å². The second-order valence-corrected chi connectivity index (χ2v) is 5.49. The fourth-order valence-electron chi connectivity index (χ4n) is 2.74. The van der Waals surface area contributed by atoms with Gasteiger partial charge in [0.05, 0.1) is 5.69 Å². The highest BCUT2D eigenvalue weighted by Crippen LogP contribution is 2.30. The number of nitrogens with zero attached hydrogens (tertiary/aromatic N) is 1. The third-order valence-electron chi connectivity index (χ3n) is 3.87. The van der Waals surface area contributed by atoms with Crippen molar-refractivity contribution in [3.63, 3.8) is 0 Å². The minimum absolute atomic E-state index is 0.0914. The first kappa shape index (κ1) is 13.4. The van der Waals surface area contributed by atoms with E-state index < -0.39 is 0 Å². The molecule has 1 aromatic rings. The van der Waals surface area contributed by atoms with Crippen LogP contribution in [0, 0.1) is 0 Å². The molecule has 1 saturated heterocycles. The summed E-state index contributed by atoms with van der Waals surface area (Å²) in [5.41, 5.74) is 5.46. The fourth-order valence-corrected chi connectivity index (χ4v) is 2.74. The number of benzene rings is 1. The molecule has 20 heavy (non-hydrogen) atoms. The highest BCUT2D eigenvalue weighted by molar-refractivity contribution is 5.95. The van der Waals surface area contributed by atoms with Gasteiger partial charge >= 0.3 is 0 Å². The molecule has 1 unspecified atom stereocenters. The van der Waals surface area contributed by atoms with Gasteiger partial charge in [0, 0.05) is 19.1 Å². The lowest BCUT2D eigenvalue weighted by Gasteiger charge is -2.30. The number of hydrogen-bond acceptors (Lipinski definition) is 4. The number of piperidine rings is 1. The monoisotopic (exact) mass is 275 g/mol. The summed E-state index contributed by atoms with van der Waals surface area (Å²) in [4.78, 5) is 11.4. The van der Waals surface area contributed by atoms with Crippen molar-refractivity contribution in [2.45, 2.75) is 32.2 Å². The predicted molar refractivity (Wildman–Crippen MR) is 77.5 cm³/mol. The summed E-state index contributed by atoms with van der Waals surface area (Å²) in [7, 11) is 0. The number of ether oxygens (including phenoxy) is 1. The van der Waals surface area contributed by atoms with Crippen molar-refractivity contribution in [1.82, 2.24) is 10.4 Å². The van der Waals surface area contributed by atoms with Gasteiger partial charge in [-0.3, -0.25) is 4.79 Å². The zero-order chi connectivity index (χ0) is 13.9. The van der Waals surface area contributed by atoms with Gasteiger partial charge in [-0.1, -0.05) is 12.5 Å². The van der Waals surface area contributed by atoms with Gasteiger partial charge < -0.3 is 10.1 Å². The fraction of sp³-hybridized carbons (Fsp3) is 0.533. The van der Waals surface area contributed by atoms with Crippen LogP contribution in [0.4, 0.5) is 5.69 Å². The molecule has 0 radical (unpaired) electrons. The van der Waals surface area contributed by atoms with Crippen molar-refractivity contribution in [2.75, 3.05) is 25.0 Å². The van der Waals surface area contributed by atoms with E-state index in [0.29, 0.717) is 0 Å². The standard InChI is InChI=1S/C15H21N3O2/c1-11(17-18-7-3-2-4-8-18)12-5-6-14-13(9-12)16-15(19)10-20-14/h5-6,9,11,17H,2-4,7-8,10H2,1H3,(H,16,19). The average Bonchev–Trinajstić information content (AvgIpc) is 2.47. The number of nitrogens with one attached hydrogen (secondary N) is 2. The number of rotatable bonds is 3. The van der Waals surface area contributed by atoms with Crippen molar-refractivity contribution in [3.05, 3.63) is 23.8 Å². The van der Waals surface area contributed by atoms with Crippen LogP contribution in [0.1, 0.15) is 37.8 Å². The van der Waals surface area contributed by atoms with E-state index in [1.165, 1.54) is 19.3 Å². The number of carbonyl (C=O) groups excluding carboxylic acids is 1. The Balaban J connectivity index is 1.69. The summed E-state index contributed by atoms with van der Waals surface area (Å²) < 4.78 is 5.38. The number of amides is 1. The summed E-state index contributed by atoms with van der Waals surface area (Å²) in [5.74, 6) is 0.657. The van der Waals surface area contributed by atoms with Crippen molar-refractivity contribution in [2.24, 2.45) is 0 Å². The van der Waals surface area contributed by atoms with Crippen LogP contribution < -0.4 is 15.5 Å². The van der Waals surface area contributed by atoms with E-state index in [1.807, 2.05) is 12.1 Å². The zero-order valence-corrected chi connectivity index (χ0v) is 11.8. The summed E-state index contributed by atoms with van der Waals surface area (Å²) in [6.07, 6.45) is 3.84. The Morgan fingerprint density at radius 1 is 1.30 bits per heavy atom. The Morgan fingerprint density at radius 2 is 2.10 bits per heavy atom. The largest absolute Gasteiger partial charge is 0.482 e. The quantitative estimate of drug-likeness (QED) is 0.886. The molecular formula is C15H21N3O2. The van der Waals surface area contributed by atoms with Gasteiger partial charge in [-0.15, -0.1) is 0 Å². The maximum Gasteiger partial charge on any atom is 0.262 e. The molecule has 0 saturated carbocycles. The van der Waals surface area contributed by atoms with Crippen molar-refractivity contribution >= 4 is 11.6 Å². The lowest BCUT2D eigenvalue weighted by atomic mass is 10.1. The number of anilines is 1. The Labute approximate surface area is 119 Å². The van der Waals surface area contributed by atoms with Gasteiger partial charge in [0.15, 0.2) is 6.61 Å². The molecule has 2 aliphatic rings. The third-order valence-corrected chi connectivity index (χ3v) is 3.87. The Kier molecular flexibility index (Phi) is 3.89. The normalized spacial score (nSPS) is 20.8. The van der Waals surface area contributed by atoms with Gasteiger partial charge in [0.25, 0.3) is 5.91 Å². The van der Waals surface area contributed by atoms with E-state index in [-0.39, 0.29) is 18.6 Å². The lowest BCUT2D eigenvalue weighted by molar-refractivity contribution is -0.118. The maximum atomic E-state index is 11.4. The van der Waals surface area contributed by atoms with Crippen LogP contribution in [0.25, 0.3) is 0 Å². The van der Waals surface area contributed by atoms with Crippen LogP contribution in [0.3, 0.4) is 0 Å². The molecule has 1 amide bonds. The smallest absolute Gasteiger partial charge is 0.262 e. The molecule has 108 valence electrons. The molecule has 0 bridgehead atoms. The molecule has 5 nitrogen and oxygen atoms in total. The van der Waals surface area contributed by atoms with Crippen molar-refractivity contribution < 1.29 is 9.53 Å². The Morgan fingerprint density at radius 3 is 2.90 bits per heavy atom. The lowest BCUT2D eigenvalue weighted by Crippen LogP contribution is -2.42. The summed E-state index contributed by atoms with van der Waals surface area (Å²) >= 11 is 0. The van der Waals surface area contributed by atoms with Crippen LogP contribution >= 0.6 is 0 Å². The van der Waals surface area contributed by atoms with E-state index >= 15 is 0 Å². The van der Waals surface area contributed by atoms with Crippen LogP contribution in [-0.4, -0.2) is 30.6 Å². The molecule has 5 heteroatoms. The molecule has 0 spiro atoms. The molecular weight excluding hydrogens is 254 g/mol. The topological polar surface area (TPSA) is 53.6 Å².